The fourth-order valence-electron chi connectivity index (χ4n) is 9.63. The van der Waals surface area contributed by atoms with Crippen molar-refractivity contribution in [1.29, 1.82) is 0 Å². The van der Waals surface area contributed by atoms with Crippen LogP contribution in [-0.4, -0.2) is 157 Å². The lowest BCUT2D eigenvalue weighted by molar-refractivity contribution is -0.188. The maximum Gasteiger partial charge on any atom is 0.306 e. The van der Waals surface area contributed by atoms with Crippen LogP contribution in [0.2, 0.25) is 0 Å². The van der Waals surface area contributed by atoms with Crippen LogP contribution in [0.25, 0.3) is 0 Å². The summed E-state index contributed by atoms with van der Waals surface area (Å²) < 4.78 is 58.2. The summed E-state index contributed by atoms with van der Waals surface area (Å²) in [4.78, 5) is 33.3. The standard InChI is InChI=1S/C68H120N6O11/c1-53(26-36-69)77-41-29-55(3)80-48-68(49-83-65(10,11)32-42-78-54(2)27-37-70,50-84-66(12,13)34-44-81-63(6,7)30-38-71)51-85-67(14,15)35-45-82-64(8,9)33-43-79-61(76)46-62(4,5)31-40-73-52-72-39-28-60(75)74-47-58-22-17-16-20-56(58)24-25-57-21-18-19-23-59(57)74/h16-23,52-55H,24-51,69-71H2,1-15H3,(H,72,73). The highest BCUT2D eigenvalue weighted by Crippen LogP contribution is 2.33. The van der Waals surface area contributed by atoms with E-state index in [1.54, 1.807) is 6.34 Å². The summed E-state index contributed by atoms with van der Waals surface area (Å²) in [7, 11) is 0. The van der Waals surface area contributed by atoms with E-state index in [-0.39, 0.29) is 54.2 Å². The molecule has 0 aliphatic carbocycles. The van der Waals surface area contributed by atoms with Crippen molar-refractivity contribution in [1.82, 2.24) is 5.32 Å². The van der Waals surface area contributed by atoms with Gasteiger partial charge in [0.2, 0.25) is 5.91 Å². The Morgan fingerprint density at radius 3 is 1.61 bits per heavy atom. The summed E-state index contributed by atoms with van der Waals surface area (Å²) in [6.45, 7) is 37.8. The normalized spacial score (nSPS) is 15.6. The quantitative estimate of drug-likeness (QED) is 0.0209. The second-order valence-electron chi connectivity index (χ2n) is 27.8. The van der Waals surface area contributed by atoms with Gasteiger partial charge < -0.3 is 70.0 Å². The van der Waals surface area contributed by atoms with E-state index in [0.29, 0.717) is 137 Å². The molecule has 4 unspecified atom stereocenters. The minimum atomic E-state index is -0.720. The Bertz CT molecular complexity index is 2220. The van der Waals surface area contributed by atoms with Crippen LogP contribution in [0.5, 0.6) is 0 Å². The van der Waals surface area contributed by atoms with E-state index >= 15 is 0 Å². The van der Waals surface area contributed by atoms with E-state index in [0.717, 1.165) is 37.8 Å². The number of nitrogens with two attached hydrogens (primary N) is 3. The van der Waals surface area contributed by atoms with Crippen molar-refractivity contribution in [2.75, 3.05) is 97.1 Å². The molecular formula is C68H120N6O11. The Balaban J connectivity index is 1.57. The molecule has 0 spiro atoms. The topological polar surface area (TPSA) is 223 Å². The molecule has 1 aliphatic rings. The Labute approximate surface area is 514 Å². The monoisotopic (exact) mass is 1200 g/mol. The number of fused-ring (bicyclic) bond motifs is 2. The van der Waals surface area contributed by atoms with Gasteiger partial charge in [-0.05, 0) is 202 Å². The number of nitrogens with zero attached hydrogens (tertiary/aromatic N) is 2. The van der Waals surface area contributed by atoms with Gasteiger partial charge >= 0.3 is 5.97 Å². The van der Waals surface area contributed by atoms with E-state index in [4.69, 9.17) is 59.8 Å². The van der Waals surface area contributed by atoms with E-state index in [1.807, 2.05) is 50.8 Å². The predicted octanol–water partition coefficient (Wildman–Crippen LogP) is 10.9. The molecule has 1 heterocycles. The number of para-hydroxylation sites is 1. The van der Waals surface area contributed by atoms with Crippen LogP contribution in [0.15, 0.2) is 53.5 Å². The SMILES string of the molecule is CC(CCN)OCCC(C)OCC(COC(C)(C)CCOC(C)CCN)(COC(C)(C)CCOC(C)(C)CCN)COC(C)(C)CCOC(C)(C)CCOC(=O)CC(C)(C)CCN=CNCCC(=O)N1Cc2ccccc2CCc2ccccc21. The van der Waals surface area contributed by atoms with Gasteiger partial charge in [-0.15, -0.1) is 0 Å². The number of carbonyl (C=O) groups is 2. The van der Waals surface area contributed by atoms with Gasteiger partial charge in [-0.3, -0.25) is 14.6 Å². The Morgan fingerprint density at radius 2 is 1.04 bits per heavy atom. The van der Waals surface area contributed by atoms with Crippen molar-refractivity contribution >= 4 is 23.9 Å². The largest absolute Gasteiger partial charge is 0.466 e. The number of amides is 1. The summed E-state index contributed by atoms with van der Waals surface area (Å²) >= 11 is 0. The minimum absolute atomic E-state index is 0.0627. The summed E-state index contributed by atoms with van der Waals surface area (Å²) in [6.07, 6.45) is 10.4. The van der Waals surface area contributed by atoms with Crippen molar-refractivity contribution in [2.24, 2.45) is 33.0 Å². The smallest absolute Gasteiger partial charge is 0.306 e. The number of ether oxygens (including phenoxy) is 9. The van der Waals surface area contributed by atoms with Gasteiger partial charge in [-0.25, -0.2) is 0 Å². The van der Waals surface area contributed by atoms with Crippen molar-refractivity contribution in [3.8, 4) is 0 Å². The molecule has 488 valence electrons. The van der Waals surface area contributed by atoms with Crippen molar-refractivity contribution in [2.45, 2.75) is 240 Å². The average Bonchev–Trinajstić information content (AvgIpc) is 3.13. The Kier molecular flexibility index (Phi) is 33.3. The zero-order chi connectivity index (χ0) is 63.2. The third kappa shape index (κ3) is 31.9. The zero-order valence-electron chi connectivity index (χ0n) is 55.8. The molecule has 7 N–H and O–H groups in total. The summed E-state index contributed by atoms with van der Waals surface area (Å²) in [6, 6.07) is 16.6. The van der Waals surface area contributed by atoms with Crippen LogP contribution in [0.3, 0.4) is 0 Å². The first kappa shape index (κ1) is 75.7. The molecule has 3 rings (SSSR count). The number of hydrogen-bond donors (Lipinski definition) is 4. The van der Waals surface area contributed by atoms with Crippen molar-refractivity contribution in [3.05, 3.63) is 65.2 Å². The third-order valence-electron chi connectivity index (χ3n) is 16.2. The van der Waals surface area contributed by atoms with Gasteiger partial charge in [0, 0.05) is 44.8 Å². The van der Waals surface area contributed by atoms with E-state index < -0.39 is 27.8 Å². The van der Waals surface area contributed by atoms with E-state index in [1.165, 1.54) is 16.7 Å². The first-order valence-electron chi connectivity index (χ1n) is 31.9. The molecule has 4 atom stereocenters. The van der Waals surface area contributed by atoms with Crippen LogP contribution in [-0.2, 0) is 71.6 Å². The number of hydrogen-bond acceptors (Lipinski definition) is 15. The van der Waals surface area contributed by atoms with Crippen LogP contribution in [0.4, 0.5) is 5.69 Å². The summed E-state index contributed by atoms with van der Waals surface area (Å²) in [5.41, 5.74) is 18.5. The highest BCUT2D eigenvalue weighted by Gasteiger charge is 2.40. The summed E-state index contributed by atoms with van der Waals surface area (Å²) in [5.74, 6) is -0.180. The first-order valence-corrected chi connectivity index (χ1v) is 31.9. The van der Waals surface area contributed by atoms with Gasteiger partial charge in [0.1, 0.15) is 0 Å². The molecule has 0 saturated heterocycles. The van der Waals surface area contributed by atoms with Gasteiger partial charge in [0.25, 0.3) is 0 Å². The van der Waals surface area contributed by atoms with Gasteiger partial charge in [-0.1, -0.05) is 56.3 Å². The lowest BCUT2D eigenvalue weighted by atomic mass is 9.86. The van der Waals surface area contributed by atoms with E-state index in [2.05, 4.69) is 117 Å². The number of anilines is 1. The highest BCUT2D eigenvalue weighted by atomic mass is 16.6. The maximum absolute atomic E-state index is 13.6. The second kappa shape index (κ2) is 37.4. The molecule has 0 radical (unpaired) electrons. The maximum atomic E-state index is 13.6. The fourth-order valence-corrected chi connectivity index (χ4v) is 9.63. The van der Waals surface area contributed by atoms with Crippen LogP contribution < -0.4 is 27.4 Å². The van der Waals surface area contributed by atoms with Crippen LogP contribution in [0, 0.1) is 10.8 Å². The average molecular weight is 1200 g/mol. The molecule has 17 nitrogen and oxygen atoms in total. The molecule has 0 fully saturated rings. The molecule has 0 bridgehead atoms. The number of benzene rings is 2. The lowest BCUT2D eigenvalue weighted by Crippen LogP contribution is -2.48. The predicted molar refractivity (Wildman–Crippen MR) is 344 cm³/mol. The fraction of sp³-hybridized carbons (Fsp3) is 0.779. The number of nitrogens with one attached hydrogen (secondary N) is 1. The first-order chi connectivity index (χ1) is 39.9. The van der Waals surface area contributed by atoms with E-state index in [9.17, 15) is 9.59 Å². The lowest BCUT2D eigenvalue weighted by Gasteiger charge is -2.41. The molecule has 1 amide bonds. The third-order valence-corrected chi connectivity index (χ3v) is 16.2. The van der Waals surface area contributed by atoms with Gasteiger partial charge in [0.05, 0.1) is 117 Å². The Hall–Kier alpha value is -3.59. The van der Waals surface area contributed by atoms with Crippen molar-refractivity contribution in [3.63, 3.8) is 0 Å². The molecule has 85 heavy (non-hydrogen) atoms. The number of rotatable bonds is 46. The molecule has 0 saturated carbocycles. The highest BCUT2D eigenvalue weighted by molar-refractivity contribution is 5.94. The molecule has 2 aromatic rings. The number of aryl methyl sites for hydroxylation is 2. The zero-order valence-corrected chi connectivity index (χ0v) is 55.8. The molecular weight excluding hydrogens is 1080 g/mol. The van der Waals surface area contributed by atoms with Gasteiger partial charge in [0.15, 0.2) is 0 Å². The molecule has 2 aromatic carbocycles. The van der Waals surface area contributed by atoms with Crippen LogP contribution >= 0.6 is 0 Å². The molecule has 1 aliphatic heterocycles. The van der Waals surface area contributed by atoms with Crippen LogP contribution in [0.1, 0.15) is 191 Å². The number of esters is 1. The molecule has 0 aromatic heterocycles. The Morgan fingerprint density at radius 1 is 0.553 bits per heavy atom. The summed E-state index contributed by atoms with van der Waals surface area (Å²) in [5, 5.41) is 3.21. The minimum Gasteiger partial charge on any atom is -0.466 e. The van der Waals surface area contributed by atoms with Gasteiger partial charge in [-0.2, -0.15) is 0 Å². The van der Waals surface area contributed by atoms with Crippen molar-refractivity contribution < 1.29 is 52.2 Å². The molecule has 17 heteroatoms. The second-order valence-corrected chi connectivity index (χ2v) is 27.8. The number of carbonyl (C=O) groups excluding carboxylic acids is 2. The number of aliphatic imine (C=N–C) groups is 1.